The van der Waals surface area contributed by atoms with Crippen molar-refractivity contribution in [1.29, 1.82) is 0 Å². The van der Waals surface area contributed by atoms with Crippen LogP contribution in [0.2, 0.25) is 0 Å². The lowest BCUT2D eigenvalue weighted by Gasteiger charge is -2.31. The van der Waals surface area contributed by atoms with Crippen LogP contribution in [0.15, 0.2) is 18.2 Å². The SMILES string of the molecule is C#CN(C(=O)C(CC(N)=O)NC(=O)OC(C)(C)C)C(C(=O)NC(C)C)c1cc(C)ccc1C. The van der Waals surface area contributed by atoms with Gasteiger partial charge in [-0.05, 0) is 59.6 Å². The molecule has 4 amide bonds. The van der Waals surface area contributed by atoms with Gasteiger partial charge in [0.1, 0.15) is 17.7 Å². The molecule has 2 atom stereocenters. The molecule has 0 bridgehead atoms. The number of benzene rings is 1. The fourth-order valence-electron chi connectivity index (χ4n) is 3.10. The molecule has 1 aromatic carbocycles. The second-order valence-electron chi connectivity index (χ2n) is 9.13. The van der Waals surface area contributed by atoms with E-state index in [0.717, 1.165) is 16.0 Å². The molecule has 2 unspecified atom stereocenters. The molecule has 0 aromatic heterocycles. The molecular weight excluding hydrogens is 424 g/mol. The van der Waals surface area contributed by atoms with Crippen molar-refractivity contribution in [2.45, 2.75) is 78.6 Å². The lowest BCUT2D eigenvalue weighted by atomic mass is 9.96. The first-order valence-corrected chi connectivity index (χ1v) is 10.6. The van der Waals surface area contributed by atoms with Crippen LogP contribution in [0.4, 0.5) is 4.79 Å². The summed E-state index contributed by atoms with van der Waals surface area (Å²) in [6.45, 7) is 12.2. The number of hydrogen-bond donors (Lipinski definition) is 3. The number of alkyl carbamates (subject to hydrolysis) is 1. The van der Waals surface area contributed by atoms with Gasteiger partial charge in [-0.15, -0.1) is 0 Å². The van der Waals surface area contributed by atoms with E-state index in [-0.39, 0.29) is 6.04 Å². The molecule has 0 aliphatic heterocycles. The summed E-state index contributed by atoms with van der Waals surface area (Å²) >= 11 is 0. The van der Waals surface area contributed by atoms with Gasteiger partial charge in [-0.25, -0.2) is 4.79 Å². The smallest absolute Gasteiger partial charge is 0.408 e. The molecule has 0 saturated heterocycles. The van der Waals surface area contributed by atoms with Crippen LogP contribution in [-0.4, -0.2) is 46.4 Å². The Morgan fingerprint density at radius 1 is 1.15 bits per heavy atom. The predicted molar refractivity (Wildman–Crippen MR) is 125 cm³/mol. The highest BCUT2D eigenvalue weighted by Gasteiger charge is 2.37. The van der Waals surface area contributed by atoms with Crippen molar-refractivity contribution < 1.29 is 23.9 Å². The highest BCUT2D eigenvalue weighted by molar-refractivity contribution is 5.95. The Labute approximate surface area is 195 Å². The number of carbonyl (C=O) groups excluding carboxylic acids is 4. The van der Waals surface area contributed by atoms with Crippen LogP contribution < -0.4 is 16.4 Å². The van der Waals surface area contributed by atoms with Crippen molar-refractivity contribution >= 4 is 23.8 Å². The number of carbonyl (C=O) groups is 4. The topological polar surface area (TPSA) is 131 Å². The number of nitrogens with two attached hydrogens (primary N) is 1. The summed E-state index contributed by atoms with van der Waals surface area (Å²) in [4.78, 5) is 51.4. The molecule has 0 spiro atoms. The van der Waals surface area contributed by atoms with Crippen molar-refractivity contribution in [3.05, 3.63) is 34.9 Å². The maximum Gasteiger partial charge on any atom is 0.408 e. The van der Waals surface area contributed by atoms with E-state index in [0.29, 0.717) is 5.56 Å². The van der Waals surface area contributed by atoms with Gasteiger partial charge < -0.3 is 21.1 Å². The molecule has 1 rings (SSSR count). The zero-order valence-electron chi connectivity index (χ0n) is 20.3. The molecule has 9 nitrogen and oxygen atoms in total. The van der Waals surface area contributed by atoms with Crippen molar-refractivity contribution in [3.63, 3.8) is 0 Å². The van der Waals surface area contributed by atoms with Gasteiger partial charge in [0.05, 0.1) is 6.42 Å². The number of aryl methyl sites for hydroxylation is 2. The molecule has 9 heteroatoms. The Balaban J connectivity index is 3.46. The summed E-state index contributed by atoms with van der Waals surface area (Å²) in [5.74, 6) is -2.18. The lowest BCUT2D eigenvalue weighted by molar-refractivity contribution is -0.139. The molecule has 0 saturated carbocycles. The van der Waals surface area contributed by atoms with Crippen LogP contribution in [0, 0.1) is 26.3 Å². The van der Waals surface area contributed by atoms with Gasteiger partial charge >= 0.3 is 6.09 Å². The average molecular weight is 459 g/mol. The third-order valence-corrected chi connectivity index (χ3v) is 4.44. The summed E-state index contributed by atoms with van der Waals surface area (Å²) < 4.78 is 5.19. The Hall–Kier alpha value is -3.54. The minimum atomic E-state index is -1.42. The van der Waals surface area contributed by atoms with Crippen LogP contribution in [0.25, 0.3) is 0 Å². The highest BCUT2D eigenvalue weighted by Crippen LogP contribution is 2.26. The third kappa shape index (κ3) is 8.48. The first-order valence-electron chi connectivity index (χ1n) is 10.6. The molecule has 4 N–H and O–H groups in total. The number of hydrogen-bond acceptors (Lipinski definition) is 5. The normalized spacial score (nSPS) is 12.8. The molecule has 33 heavy (non-hydrogen) atoms. The number of ether oxygens (including phenoxy) is 1. The van der Waals surface area contributed by atoms with E-state index < -0.39 is 47.9 Å². The van der Waals surface area contributed by atoms with Gasteiger partial charge in [0.15, 0.2) is 0 Å². The van der Waals surface area contributed by atoms with E-state index in [1.807, 2.05) is 19.1 Å². The highest BCUT2D eigenvalue weighted by atomic mass is 16.6. The van der Waals surface area contributed by atoms with E-state index in [4.69, 9.17) is 16.9 Å². The molecule has 0 radical (unpaired) electrons. The number of primary amides is 1. The standard InChI is InChI=1S/C24H34N4O5/c1-9-28(22(31)18(13-19(25)29)27-23(32)33-24(6,7)8)20(21(30)26-14(2)3)17-12-15(4)10-11-16(17)5/h1,10-12,14,18,20H,13H2,2-8H3,(H2,25,29)(H,26,30)(H,27,32). The Morgan fingerprint density at radius 2 is 1.76 bits per heavy atom. The lowest BCUT2D eigenvalue weighted by Crippen LogP contribution is -2.53. The molecule has 180 valence electrons. The van der Waals surface area contributed by atoms with E-state index in [1.54, 1.807) is 47.6 Å². The van der Waals surface area contributed by atoms with Crippen molar-refractivity contribution in [1.82, 2.24) is 15.5 Å². The number of nitrogens with zero attached hydrogens (tertiary/aromatic N) is 1. The maximum atomic E-state index is 13.4. The molecule has 0 fully saturated rings. The third-order valence-electron chi connectivity index (χ3n) is 4.44. The first-order chi connectivity index (χ1) is 15.2. The Morgan fingerprint density at radius 3 is 2.24 bits per heavy atom. The molecule has 0 heterocycles. The first kappa shape index (κ1) is 27.5. The maximum absolute atomic E-state index is 13.4. The summed E-state index contributed by atoms with van der Waals surface area (Å²) in [6, 6.07) is 4.87. The van der Waals surface area contributed by atoms with Crippen molar-refractivity contribution in [3.8, 4) is 12.5 Å². The average Bonchev–Trinajstić information content (AvgIpc) is 2.64. The monoisotopic (exact) mass is 458 g/mol. The quantitative estimate of drug-likeness (QED) is 0.405. The molecule has 0 aliphatic carbocycles. The summed E-state index contributed by atoms with van der Waals surface area (Å²) in [6.07, 6.45) is 4.24. The Bertz CT molecular complexity index is 943. The summed E-state index contributed by atoms with van der Waals surface area (Å²) in [5, 5.41) is 5.13. The summed E-state index contributed by atoms with van der Waals surface area (Å²) in [7, 11) is 0. The number of amides is 4. The van der Waals surface area contributed by atoms with E-state index in [1.165, 1.54) is 0 Å². The zero-order chi connectivity index (χ0) is 25.5. The molecule has 1 aromatic rings. The summed E-state index contributed by atoms with van der Waals surface area (Å²) in [5.41, 5.74) is 6.59. The zero-order valence-corrected chi connectivity index (χ0v) is 20.3. The number of terminal acetylenes is 1. The second kappa shape index (κ2) is 11.4. The van der Waals surface area contributed by atoms with Gasteiger partial charge in [-0.3, -0.25) is 19.3 Å². The molecular formula is C24H34N4O5. The van der Waals surface area contributed by atoms with Crippen molar-refractivity contribution in [2.75, 3.05) is 0 Å². The number of rotatable bonds is 8. The van der Waals surface area contributed by atoms with Crippen LogP contribution in [-0.2, 0) is 19.1 Å². The van der Waals surface area contributed by atoms with Crippen LogP contribution in [0.1, 0.15) is 63.8 Å². The number of nitrogens with one attached hydrogen (secondary N) is 2. The van der Waals surface area contributed by atoms with E-state index in [9.17, 15) is 19.2 Å². The van der Waals surface area contributed by atoms with Crippen LogP contribution >= 0.6 is 0 Å². The van der Waals surface area contributed by atoms with Gasteiger partial charge in [0.2, 0.25) is 11.8 Å². The van der Waals surface area contributed by atoms with E-state index >= 15 is 0 Å². The van der Waals surface area contributed by atoms with Gasteiger partial charge in [0.25, 0.3) is 5.91 Å². The van der Waals surface area contributed by atoms with Gasteiger partial charge in [-0.1, -0.05) is 30.2 Å². The Kier molecular flexibility index (Phi) is 9.47. The van der Waals surface area contributed by atoms with Crippen LogP contribution in [0.3, 0.4) is 0 Å². The molecule has 0 aliphatic rings. The minimum Gasteiger partial charge on any atom is -0.444 e. The fourth-order valence-corrected chi connectivity index (χ4v) is 3.10. The predicted octanol–water partition coefficient (Wildman–Crippen LogP) is 2.06. The van der Waals surface area contributed by atoms with Crippen LogP contribution in [0.5, 0.6) is 0 Å². The van der Waals surface area contributed by atoms with Gasteiger partial charge in [-0.2, -0.15) is 0 Å². The minimum absolute atomic E-state index is 0.221. The fraction of sp³-hybridized carbons (Fsp3) is 0.500. The van der Waals surface area contributed by atoms with Gasteiger partial charge in [0, 0.05) is 12.1 Å². The van der Waals surface area contributed by atoms with Crippen molar-refractivity contribution in [2.24, 2.45) is 5.73 Å². The largest absolute Gasteiger partial charge is 0.444 e. The second-order valence-corrected chi connectivity index (χ2v) is 9.13. The van der Waals surface area contributed by atoms with E-state index in [2.05, 4.69) is 16.7 Å².